The zero-order chi connectivity index (χ0) is 21.5. The van der Waals surface area contributed by atoms with Gasteiger partial charge in [0.15, 0.2) is 6.61 Å². The van der Waals surface area contributed by atoms with Crippen molar-refractivity contribution in [1.29, 1.82) is 5.26 Å². The second-order valence-electron chi connectivity index (χ2n) is 6.59. The summed E-state index contributed by atoms with van der Waals surface area (Å²) in [6, 6.07) is 22.8. The summed E-state index contributed by atoms with van der Waals surface area (Å²) < 4.78 is 5.23. The molecule has 0 unspecified atom stereocenters. The number of hydrogen-bond donors (Lipinski definition) is 1. The maximum atomic E-state index is 12.6. The third kappa shape index (κ3) is 4.86. The van der Waals surface area contributed by atoms with Crippen molar-refractivity contribution in [3.05, 3.63) is 94.5 Å². The Hall–Kier alpha value is -3.62. The second kappa shape index (κ2) is 9.73. The van der Waals surface area contributed by atoms with Crippen LogP contribution >= 0.6 is 11.6 Å². The van der Waals surface area contributed by atoms with Gasteiger partial charge in [0.05, 0.1) is 23.2 Å². The van der Waals surface area contributed by atoms with Gasteiger partial charge in [-0.05, 0) is 36.2 Å². The molecule has 0 saturated carbocycles. The monoisotopic (exact) mass is 418 g/mol. The van der Waals surface area contributed by atoms with Gasteiger partial charge in [0.1, 0.15) is 0 Å². The van der Waals surface area contributed by atoms with E-state index in [-0.39, 0.29) is 11.6 Å². The number of amides is 1. The normalized spacial score (nSPS) is 11.2. The summed E-state index contributed by atoms with van der Waals surface area (Å²) in [5.74, 6) is -1.08. The highest BCUT2D eigenvalue weighted by atomic mass is 35.5. The van der Waals surface area contributed by atoms with Crippen molar-refractivity contribution in [2.45, 2.75) is 13.0 Å². The fraction of sp³-hybridized carbons (Fsp3) is 0.125. The number of carbonyl (C=O) groups is 2. The zero-order valence-corrected chi connectivity index (χ0v) is 17.0. The topological polar surface area (TPSA) is 79.2 Å². The predicted molar refractivity (Wildman–Crippen MR) is 115 cm³/mol. The lowest BCUT2D eigenvalue weighted by molar-refractivity contribution is -0.124. The maximum Gasteiger partial charge on any atom is 0.339 e. The summed E-state index contributed by atoms with van der Waals surface area (Å²) in [6.45, 7) is 1.37. The van der Waals surface area contributed by atoms with Gasteiger partial charge < -0.3 is 10.1 Å². The van der Waals surface area contributed by atoms with Crippen molar-refractivity contribution in [1.82, 2.24) is 5.32 Å². The van der Waals surface area contributed by atoms with Crippen molar-refractivity contribution in [3.63, 3.8) is 0 Å². The van der Waals surface area contributed by atoms with E-state index in [0.29, 0.717) is 21.7 Å². The molecule has 1 N–H and O–H groups in total. The van der Waals surface area contributed by atoms with Crippen molar-refractivity contribution in [3.8, 4) is 17.2 Å². The van der Waals surface area contributed by atoms with E-state index in [9.17, 15) is 14.9 Å². The minimum absolute atomic E-state index is 0.284. The van der Waals surface area contributed by atoms with Crippen LogP contribution in [0.5, 0.6) is 0 Å². The average Bonchev–Trinajstić information content (AvgIpc) is 2.77. The highest BCUT2D eigenvalue weighted by Crippen LogP contribution is 2.27. The van der Waals surface area contributed by atoms with E-state index in [1.165, 1.54) is 0 Å². The zero-order valence-electron chi connectivity index (χ0n) is 16.3. The van der Waals surface area contributed by atoms with Gasteiger partial charge in [-0.2, -0.15) is 5.26 Å². The van der Waals surface area contributed by atoms with Crippen LogP contribution < -0.4 is 5.32 Å². The van der Waals surface area contributed by atoms with E-state index in [4.69, 9.17) is 16.3 Å². The SMILES string of the molecule is C[C@@H](NC(=O)COC(=O)c1ccccc1-c1ccccc1C#N)c1ccccc1Cl. The Balaban J connectivity index is 1.70. The summed E-state index contributed by atoms with van der Waals surface area (Å²) in [7, 11) is 0. The highest BCUT2D eigenvalue weighted by Gasteiger charge is 2.18. The number of ether oxygens (including phenoxy) is 1. The Kier molecular flexibility index (Phi) is 6.84. The Morgan fingerprint density at radius 2 is 1.63 bits per heavy atom. The lowest BCUT2D eigenvalue weighted by Gasteiger charge is -2.16. The van der Waals surface area contributed by atoms with E-state index in [1.807, 2.05) is 18.2 Å². The molecule has 0 radical (unpaired) electrons. The summed E-state index contributed by atoms with van der Waals surface area (Å²) >= 11 is 6.15. The van der Waals surface area contributed by atoms with Crippen LogP contribution in [0.3, 0.4) is 0 Å². The summed E-state index contributed by atoms with van der Waals surface area (Å²) in [4.78, 5) is 24.9. The van der Waals surface area contributed by atoms with Crippen LogP contribution in [-0.4, -0.2) is 18.5 Å². The number of rotatable bonds is 6. The quantitative estimate of drug-likeness (QED) is 0.576. The van der Waals surface area contributed by atoms with Crippen LogP contribution in [0.25, 0.3) is 11.1 Å². The second-order valence-corrected chi connectivity index (χ2v) is 7.00. The molecule has 3 aromatic rings. The average molecular weight is 419 g/mol. The van der Waals surface area contributed by atoms with Gasteiger partial charge in [-0.15, -0.1) is 0 Å². The molecule has 5 nitrogen and oxygen atoms in total. The van der Waals surface area contributed by atoms with Gasteiger partial charge in [0.25, 0.3) is 5.91 Å². The van der Waals surface area contributed by atoms with Crippen molar-refractivity contribution < 1.29 is 14.3 Å². The van der Waals surface area contributed by atoms with Gasteiger partial charge in [-0.1, -0.05) is 66.2 Å². The third-order valence-electron chi connectivity index (χ3n) is 4.57. The summed E-state index contributed by atoms with van der Waals surface area (Å²) in [5, 5.41) is 12.7. The fourth-order valence-electron chi connectivity index (χ4n) is 3.11. The number of carbonyl (C=O) groups excluding carboxylic acids is 2. The molecule has 0 aromatic heterocycles. The molecule has 0 fully saturated rings. The Morgan fingerprint density at radius 1 is 1.00 bits per heavy atom. The lowest BCUT2D eigenvalue weighted by Crippen LogP contribution is -2.31. The van der Waals surface area contributed by atoms with Gasteiger partial charge in [-0.25, -0.2) is 4.79 Å². The number of halogens is 1. The molecule has 0 saturated heterocycles. The number of nitrogens with one attached hydrogen (secondary N) is 1. The van der Waals surface area contributed by atoms with Crippen LogP contribution in [0.15, 0.2) is 72.8 Å². The molecule has 30 heavy (non-hydrogen) atoms. The first-order valence-electron chi connectivity index (χ1n) is 9.30. The summed E-state index contributed by atoms with van der Waals surface area (Å²) in [5.41, 5.74) is 2.71. The molecule has 1 atom stereocenters. The maximum absolute atomic E-state index is 12.6. The van der Waals surface area contributed by atoms with E-state index in [0.717, 1.165) is 5.56 Å². The first-order valence-corrected chi connectivity index (χ1v) is 9.68. The van der Waals surface area contributed by atoms with Crippen LogP contribution in [0.2, 0.25) is 5.02 Å². The molecule has 1 amide bonds. The van der Waals surface area contributed by atoms with Gasteiger partial charge in [-0.3, -0.25) is 4.79 Å². The molecular weight excluding hydrogens is 400 g/mol. The molecule has 3 rings (SSSR count). The predicted octanol–water partition coefficient (Wildman–Crippen LogP) is 4.91. The third-order valence-corrected chi connectivity index (χ3v) is 4.91. The number of esters is 1. The standard InChI is InChI=1S/C24H19ClN2O3/c1-16(18-9-6-7-13-22(18)25)27-23(28)15-30-24(29)21-12-5-4-11-20(21)19-10-3-2-8-17(19)14-26/h2-13,16H,15H2,1H3,(H,27,28)/t16-/m1/s1. The first kappa shape index (κ1) is 21.1. The number of nitrogens with zero attached hydrogens (tertiary/aromatic N) is 1. The molecule has 0 heterocycles. The number of nitriles is 1. The molecule has 0 aliphatic heterocycles. The summed E-state index contributed by atoms with van der Waals surface area (Å²) in [6.07, 6.45) is 0. The molecule has 0 bridgehead atoms. The van der Waals surface area contributed by atoms with Crippen LogP contribution in [0.4, 0.5) is 0 Å². The Bertz CT molecular complexity index is 1120. The fourth-order valence-corrected chi connectivity index (χ4v) is 3.41. The minimum Gasteiger partial charge on any atom is -0.452 e. The smallest absolute Gasteiger partial charge is 0.339 e. The molecular formula is C24H19ClN2O3. The van der Waals surface area contributed by atoms with Crippen LogP contribution in [-0.2, 0) is 9.53 Å². The number of benzene rings is 3. The van der Waals surface area contributed by atoms with E-state index in [2.05, 4.69) is 11.4 Å². The van der Waals surface area contributed by atoms with Gasteiger partial charge in [0.2, 0.25) is 0 Å². The molecule has 6 heteroatoms. The minimum atomic E-state index is -0.640. The number of hydrogen-bond acceptors (Lipinski definition) is 4. The van der Waals surface area contributed by atoms with Crippen molar-refractivity contribution in [2.75, 3.05) is 6.61 Å². The first-order chi connectivity index (χ1) is 14.5. The van der Waals surface area contributed by atoms with Crippen molar-refractivity contribution in [2.24, 2.45) is 0 Å². The van der Waals surface area contributed by atoms with Crippen LogP contribution in [0, 0.1) is 11.3 Å². The lowest BCUT2D eigenvalue weighted by atomic mass is 9.96. The van der Waals surface area contributed by atoms with Gasteiger partial charge >= 0.3 is 5.97 Å². The Labute approximate surface area is 179 Å². The van der Waals surface area contributed by atoms with Crippen LogP contribution in [0.1, 0.15) is 34.5 Å². The van der Waals surface area contributed by atoms with Gasteiger partial charge in [0, 0.05) is 10.6 Å². The molecule has 0 aliphatic rings. The highest BCUT2D eigenvalue weighted by molar-refractivity contribution is 6.31. The molecule has 3 aromatic carbocycles. The van der Waals surface area contributed by atoms with E-state index in [1.54, 1.807) is 61.5 Å². The van der Waals surface area contributed by atoms with Crippen molar-refractivity contribution >= 4 is 23.5 Å². The molecule has 150 valence electrons. The van der Waals surface area contributed by atoms with E-state index < -0.39 is 18.5 Å². The Morgan fingerprint density at radius 3 is 2.37 bits per heavy atom. The largest absolute Gasteiger partial charge is 0.452 e. The molecule has 0 aliphatic carbocycles. The van der Waals surface area contributed by atoms with E-state index >= 15 is 0 Å². The molecule has 0 spiro atoms.